The van der Waals surface area contributed by atoms with Crippen molar-refractivity contribution in [2.75, 3.05) is 28.7 Å². The first-order valence-electron chi connectivity index (χ1n) is 8.28. The lowest BCUT2D eigenvalue weighted by molar-refractivity contribution is -0.116. The van der Waals surface area contributed by atoms with Crippen molar-refractivity contribution < 1.29 is 17.9 Å². The largest absolute Gasteiger partial charge is 0.493 e. The molecule has 1 unspecified atom stereocenters. The van der Waals surface area contributed by atoms with Gasteiger partial charge in [-0.15, -0.1) is 10.2 Å². The first-order chi connectivity index (χ1) is 12.5. The van der Waals surface area contributed by atoms with E-state index in [2.05, 4.69) is 20.8 Å². The van der Waals surface area contributed by atoms with Gasteiger partial charge in [0.15, 0.2) is 15.7 Å². The van der Waals surface area contributed by atoms with Crippen LogP contribution in [0.3, 0.4) is 0 Å². The molecule has 0 saturated carbocycles. The summed E-state index contributed by atoms with van der Waals surface area (Å²) in [4.78, 5) is 11.9. The lowest BCUT2D eigenvalue weighted by Crippen LogP contribution is -2.21. The van der Waals surface area contributed by atoms with E-state index in [1.165, 1.54) is 0 Å². The molecule has 1 fully saturated rings. The number of carbonyl (C=O) groups excluding carboxylic acids is 1. The van der Waals surface area contributed by atoms with Gasteiger partial charge in [0.2, 0.25) is 5.91 Å². The van der Waals surface area contributed by atoms with Crippen molar-refractivity contribution in [2.45, 2.75) is 18.9 Å². The Bertz CT molecular complexity index is 841. The summed E-state index contributed by atoms with van der Waals surface area (Å²) in [7, 11) is -2.95. The van der Waals surface area contributed by atoms with Gasteiger partial charge in [0.25, 0.3) is 0 Å². The molecule has 9 heteroatoms. The van der Waals surface area contributed by atoms with Crippen molar-refractivity contribution in [2.24, 2.45) is 0 Å². The van der Waals surface area contributed by atoms with E-state index >= 15 is 0 Å². The minimum atomic E-state index is -2.95. The smallest absolute Gasteiger partial charge is 0.229 e. The Morgan fingerprint density at radius 3 is 2.50 bits per heavy atom. The summed E-state index contributed by atoms with van der Waals surface area (Å²) in [6.45, 7) is 0.263. The van der Waals surface area contributed by atoms with Crippen LogP contribution in [0.5, 0.6) is 5.75 Å². The number of ether oxygens (including phenoxy) is 1. The molecular formula is C17H20N4O4S. The van der Waals surface area contributed by atoms with E-state index in [4.69, 9.17) is 4.74 Å². The molecule has 1 aromatic heterocycles. The number of nitrogens with one attached hydrogen (secondary N) is 2. The standard InChI is InChI=1S/C17H20N4O4S/c22-17(8-10-25-14-4-2-1-3-5-14)19-16-7-6-15(20-21-16)18-13-9-11-26(23,24)12-13/h1-7,13H,8-12H2,(H,18,20)(H,19,21,22). The highest BCUT2D eigenvalue weighted by Gasteiger charge is 2.27. The number of rotatable bonds is 7. The molecule has 0 aliphatic carbocycles. The highest BCUT2D eigenvalue weighted by atomic mass is 32.2. The second-order valence-corrected chi connectivity index (χ2v) is 8.24. The number of carbonyl (C=O) groups is 1. The molecule has 2 aromatic rings. The fraction of sp³-hybridized carbons (Fsp3) is 0.353. The number of amides is 1. The molecule has 1 aliphatic rings. The monoisotopic (exact) mass is 376 g/mol. The van der Waals surface area contributed by atoms with Crippen LogP contribution in [0.1, 0.15) is 12.8 Å². The molecule has 0 radical (unpaired) electrons. The van der Waals surface area contributed by atoms with E-state index in [9.17, 15) is 13.2 Å². The Labute approximate surface area is 151 Å². The van der Waals surface area contributed by atoms with Crippen LogP contribution >= 0.6 is 0 Å². The second-order valence-electron chi connectivity index (χ2n) is 6.01. The first-order valence-corrected chi connectivity index (χ1v) is 10.1. The third-order valence-electron chi connectivity index (χ3n) is 3.86. The van der Waals surface area contributed by atoms with Gasteiger partial charge < -0.3 is 15.4 Å². The van der Waals surface area contributed by atoms with Gasteiger partial charge in [0, 0.05) is 6.04 Å². The topological polar surface area (TPSA) is 110 Å². The number of nitrogens with zero attached hydrogens (tertiary/aromatic N) is 2. The summed E-state index contributed by atoms with van der Waals surface area (Å²) >= 11 is 0. The van der Waals surface area contributed by atoms with Gasteiger partial charge in [-0.25, -0.2) is 8.42 Å². The zero-order valence-electron chi connectivity index (χ0n) is 14.1. The van der Waals surface area contributed by atoms with Crippen molar-refractivity contribution in [3.05, 3.63) is 42.5 Å². The number of para-hydroxylation sites is 1. The van der Waals surface area contributed by atoms with Crippen LogP contribution in [-0.4, -0.2) is 48.7 Å². The maximum absolute atomic E-state index is 11.9. The van der Waals surface area contributed by atoms with Gasteiger partial charge in [-0.1, -0.05) is 18.2 Å². The fourth-order valence-corrected chi connectivity index (χ4v) is 4.25. The van der Waals surface area contributed by atoms with Gasteiger partial charge >= 0.3 is 0 Å². The number of hydrogen-bond acceptors (Lipinski definition) is 7. The minimum absolute atomic E-state index is 0.106. The SMILES string of the molecule is O=C(CCOc1ccccc1)Nc1ccc(NC2CCS(=O)(=O)C2)nn1. The normalized spacial score (nSPS) is 18.2. The molecule has 1 aliphatic heterocycles. The lowest BCUT2D eigenvalue weighted by Gasteiger charge is -2.11. The van der Waals surface area contributed by atoms with Crippen LogP contribution in [0.25, 0.3) is 0 Å². The Hall–Kier alpha value is -2.68. The zero-order chi connectivity index (χ0) is 18.4. The van der Waals surface area contributed by atoms with Gasteiger partial charge in [-0.05, 0) is 30.7 Å². The highest BCUT2D eigenvalue weighted by molar-refractivity contribution is 7.91. The van der Waals surface area contributed by atoms with Crippen molar-refractivity contribution in [3.8, 4) is 5.75 Å². The highest BCUT2D eigenvalue weighted by Crippen LogP contribution is 2.16. The molecule has 3 rings (SSSR count). The summed E-state index contributed by atoms with van der Waals surface area (Å²) < 4.78 is 28.4. The third-order valence-corrected chi connectivity index (χ3v) is 5.63. The van der Waals surface area contributed by atoms with E-state index < -0.39 is 9.84 Å². The van der Waals surface area contributed by atoms with Gasteiger partial charge in [0.05, 0.1) is 24.5 Å². The molecule has 1 amide bonds. The van der Waals surface area contributed by atoms with Crippen molar-refractivity contribution in [1.29, 1.82) is 0 Å². The van der Waals surface area contributed by atoms with Gasteiger partial charge in [-0.2, -0.15) is 0 Å². The Balaban J connectivity index is 1.43. The lowest BCUT2D eigenvalue weighted by atomic mass is 10.2. The van der Waals surface area contributed by atoms with E-state index in [1.54, 1.807) is 12.1 Å². The molecule has 2 heterocycles. The third kappa shape index (κ3) is 5.41. The molecule has 8 nitrogen and oxygen atoms in total. The van der Waals surface area contributed by atoms with Crippen LogP contribution in [0.15, 0.2) is 42.5 Å². The average Bonchev–Trinajstić information content (AvgIpc) is 2.96. The molecule has 1 aromatic carbocycles. The first kappa shape index (κ1) is 18.1. The van der Waals surface area contributed by atoms with Gasteiger partial charge in [0.1, 0.15) is 11.6 Å². The number of sulfone groups is 1. The Kier molecular flexibility index (Phi) is 5.67. The Morgan fingerprint density at radius 1 is 1.12 bits per heavy atom. The quantitative estimate of drug-likeness (QED) is 0.753. The van der Waals surface area contributed by atoms with Crippen molar-refractivity contribution >= 4 is 27.4 Å². The second kappa shape index (κ2) is 8.13. The van der Waals surface area contributed by atoms with Crippen LogP contribution in [0, 0.1) is 0 Å². The summed E-state index contributed by atoms with van der Waals surface area (Å²) in [5, 5.41) is 13.6. The van der Waals surface area contributed by atoms with E-state index in [1.807, 2.05) is 30.3 Å². The molecule has 1 atom stereocenters. The summed E-state index contributed by atoms with van der Waals surface area (Å²) in [6, 6.07) is 12.4. The molecular weight excluding hydrogens is 356 g/mol. The maximum Gasteiger partial charge on any atom is 0.229 e. The molecule has 2 N–H and O–H groups in total. The molecule has 138 valence electrons. The molecule has 26 heavy (non-hydrogen) atoms. The predicted octanol–water partition coefficient (Wildman–Crippen LogP) is 1.48. The summed E-state index contributed by atoms with van der Waals surface area (Å²) in [6.07, 6.45) is 0.750. The van der Waals surface area contributed by atoms with Crippen LogP contribution < -0.4 is 15.4 Å². The average molecular weight is 376 g/mol. The summed E-state index contributed by atoms with van der Waals surface area (Å²) in [5.74, 6) is 1.60. The van der Waals surface area contributed by atoms with Gasteiger partial charge in [-0.3, -0.25) is 4.79 Å². The maximum atomic E-state index is 11.9. The fourth-order valence-electron chi connectivity index (χ4n) is 2.58. The minimum Gasteiger partial charge on any atom is -0.493 e. The predicted molar refractivity (Wildman–Crippen MR) is 97.9 cm³/mol. The van der Waals surface area contributed by atoms with Crippen molar-refractivity contribution in [3.63, 3.8) is 0 Å². The van der Waals surface area contributed by atoms with E-state index in [0.717, 1.165) is 0 Å². The van der Waals surface area contributed by atoms with Crippen LogP contribution in [0.4, 0.5) is 11.6 Å². The molecule has 0 bridgehead atoms. The zero-order valence-corrected chi connectivity index (χ0v) is 14.9. The van der Waals surface area contributed by atoms with Crippen LogP contribution in [0.2, 0.25) is 0 Å². The number of anilines is 2. The molecule has 0 spiro atoms. The number of hydrogen-bond donors (Lipinski definition) is 2. The Morgan fingerprint density at radius 2 is 1.85 bits per heavy atom. The number of benzene rings is 1. The van der Waals surface area contributed by atoms with E-state index in [0.29, 0.717) is 23.8 Å². The van der Waals surface area contributed by atoms with Crippen molar-refractivity contribution in [1.82, 2.24) is 10.2 Å². The molecule has 1 saturated heterocycles. The van der Waals surface area contributed by atoms with Crippen LogP contribution in [-0.2, 0) is 14.6 Å². The summed E-state index contributed by atoms with van der Waals surface area (Å²) in [5.41, 5.74) is 0. The number of aromatic nitrogens is 2. The van der Waals surface area contributed by atoms with E-state index in [-0.39, 0.29) is 36.5 Å².